The van der Waals surface area contributed by atoms with Crippen LogP contribution in [0.4, 0.5) is 5.69 Å². The lowest BCUT2D eigenvalue weighted by Gasteiger charge is -2.08. The Labute approximate surface area is 102 Å². The SMILES string of the molecule is COc1ccc(NCc2ncc[nH]2)c(Br)c1. The summed E-state index contributed by atoms with van der Waals surface area (Å²) in [6, 6.07) is 5.80. The van der Waals surface area contributed by atoms with Crippen LogP contribution in [0.15, 0.2) is 35.1 Å². The Morgan fingerprint density at radius 3 is 3.00 bits per heavy atom. The second kappa shape index (κ2) is 5.03. The number of hydrogen-bond donors (Lipinski definition) is 2. The summed E-state index contributed by atoms with van der Waals surface area (Å²) in [7, 11) is 1.65. The Kier molecular flexibility index (Phi) is 3.46. The number of hydrogen-bond acceptors (Lipinski definition) is 3. The Morgan fingerprint density at radius 1 is 1.50 bits per heavy atom. The first-order chi connectivity index (χ1) is 7.79. The van der Waals surface area contributed by atoms with E-state index in [1.54, 1.807) is 19.5 Å². The van der Waals surface area contributed by atoms with Gasteiger partial charge in [0.05, 0.1) is 13.7 Å². The fraction of sp³-hybridized carbons (Fsp3) is 0.182. The van der Waals surface area contributed by atoms with Gasteiger partial charge in [-0.1, -0.05) is 0 Å². The minimum Gasteiger partial charge on any atom is -0.497 e. The molecular formula is C11H12BrN3O. The van der Waals surface area contributed by atoms with Crippen LogP contribution in [0.25, 0.3) is 0 Å². The van der Waals surface area contributed by atoms with Crippen molar-refractivity contribution in [2.75, 3.05) is 12.4 Å². The molecule has 0 aliphatic carbocycles. The summed E-state index contributed by atoms with van der Waals surface area (Å²) in [5, 5.41) is 3.27. The summed E-state index contributed by atoms with van der Waals surface area (Å²) in [5.74, 6) is 1.73. The molecule has 0 atom stereocenters. The predicted octanol–water partition coefficient (Wildman–Crippen LogP) is 2.79. The highest BCUT2D eigenvalue weighted by Gasteiger charge is 2.02. The lowest BCUT2D eigenvalue weighted by Crippen LogP contribution is -2.01. The molecule has 0 aliphatic heterocycles. The third-order valence-corrected chi connectivity index (χ3v) is 2.83. The second-order valence-corrected chi connectivity index (χ2v) is 4.09. The first kappa shape index (κ1) is 11.0. The zero-order valence-corrected chi connectivity index (χ0v) is 10.4. The number of methoxy groups -OCH3 is 1. The summed E-state index contributed by atoms with van der Waals surface area (Å²) in [6.07, 6.45) is 3.54. The number of rotatable bonds is 4. The molecule has 0 bridgehead atoms. The van der Waals surface area contributed by atoms with Gasteiger partial charge >= 0.3 is 0 Å². The predicted molar refractivity (Wildman–Crippen MR) is 66.6 cm³/mol. The lowest BCUT2D eigenvalue weighted by atomic mass is 10.3. The number of aromatic amines is 1. The number of benzene rings is 1. The zero-order valence-electron chi connectivity index (χ0n) is 8.83. The van der Waals surface area contributed by atoms with Crippen molar-refractivity contribution in [3.05, 3.63) is 40.9 Å². The van der Waals surface area contributed by atoms with Crippen molar-refractivity contribution in [1.29, 1.82) is 0 Å². The maximum absolute atomic E-state index is 5.12. The van der Waals surface area contributed by atoms with Crippen LogP contribution >= 0.6 is 15.9 Å². The summed E-state index contributed by atoms with van der Waals surface area (Å²) >= 11 is 3.48. The molecule has 0 saturated carbocycles. The number of anilines is 1. The average molecular weight is 282 g/mol. The van der Waals surface area contributed by atoms with E-state index in [9.17, 15) is 0 Å². The van der Waals surface area contributed by atoms with E-state index in [1.807, 2.05) is 18.2 Å². The van der Waals surface area contributed by atoms with Crippen LogP contribution in [0, 0.1) is 0 Å². The van der Waals surface area contributed by atoms with Crippen molar-refractivity contribution in [1.82, 2.24) is 9.97 Å². The van der Waals surface area contributed by atoms with Crippen molar-refractivity contribution in [3.63, 3.8) is 0 Å². The van der Waals surface area contributed by atoms with Gasteiger partial charge in [0.1, 0.15) is 11.6 Å². The maximum Gasteiger partial charge on any atom is 0.125 e. The molecule has 0 radical (unpaired) electrons. The summed E-state index contributed by atoms with van der Waals surface area (Å²) in [5.41, 5.74) is 1.01. The molecule has 2 rings (SSSR count). The highest BCUT2D eigenvalue weighted by molar-refractivity contribution is 9.10. The van der Waals surface area contributed by atoms with Crippen LogP contribution in [0.1, 0.15) is 5.82 Å². The van der Waals surface area contributed by atoms with Gasteiger partial charge in [0.15, 0.2) is 0 Å². The number of halogens is 1. The molecule has 0 fully saturated rings. The number of aromatic nitrogens is 2. The van der Waals surface area contributed by atoms with Crippen LogP contribution in [0.2, 0.25) is 0 Å². The van der Waals surface area contributed by atoms with Crippen molar-refractivity contribution in [2.45, 2.75) is 6.54 Å². The molecule has 0 aliphatic rings. The summed E-state index contributed by atoms with van der Waals surface area (Å²) in [6.45, 7) is 0.665. The number of nitrogens with one attached hydrogen (secondary N) is 2. The molecule has 1 aromatic heterocycles. The van der Waals surface area contributed by atoms with E-state index in [4.69, 9.17) is 4.74 Å². The van der Waals surface area contributed by atoms with Crippen LogP contribution in [0.3, 0.4) is 0 Å². The molecule has 5 heteroatoms. The van der Waals surface area contributed by atoms with E-state index in [-0.39, 0.29) is 0 Å². The number of imidazole rings is 1. The van der Waals surface area contributed by atoms with Gasteiger partial charge in [-0.3, -0.25) is 0 Å². The number of ether oxygens (including phenoxy) is 1. The summed E-state index contributed by atoms with van der Waals surface area (Å²) in [4.78, 5) is 7.17. The van der Waals surface area contributed by atoms with E-state index >= 15 is 0 Å². The van der Waals surface area contributed by atoms with Crippen LogP contribution in [0.5, 0.6) is 5.75 Å². The van der Waals surface area contributed by atoms with Gasteiger partial charge in [-0.2, -0.15) is 0 Å². The average Bonchev–Trinajstić information content (AvgIpc) is 2.80. The van der Waals surface area contributed by atoms with Crippen molar-refractivity contribution in [2.24, 2.45) is 0 Å². The highest BCUT2D eigenvalue weighted by atomic mass is 79.9. The van der Waals surface area contributed by atoms with Crippen molar-refractivity contribution < 1.29 is 4.74 Å². The van der Waals surface area contributed by atoms with Gasteiger partial charge < -0.3 is 15.0 Å². The van der Waals surface area contributed by atoms with Gasteiger partial charge in [0.2, 0.25) is 0 Å². The Balaban J connectivity index is 2.04. The Morgan fingerprint density at radius 2 is 2.38 bits per heavy atom. The quantitative estimate of drug-likeness (QED) is 0.906. The molecule has 0 amide bonds. The molecule has 2 aromatic rings. The minimum atomic E-state index is 0.665. The Bertz CT molecular complexity index is 456. The molecule has 2 N–H and O–H groups in total. The minimum absolute atomic E-state index is 0.665. The number of H-pyrrole nitrogens is 1. The monoisotopic (exact) mass is 281 g/mol. The molecule has 0 unspecified atom stereocenters. The van der Waals surface area contributed by atoms with Crippen molar-refractivity contribution >= 4 is 21.6 Å². The van der Waals surface area contributed by atoms with E-state index in [1.165, 1.54) is 0 Å². The smallest absolute Gasteiger partial charge is 0.125 e. The van der Waals surface area contributed by atoms with Gasteiger partial charge in [-0.25, -0.2) is 4.98 Å². The van der Waals surface area contributed by atoms with Crippen LogP contribution in [-0.4, -0.2) is 17.1 Å². The van der Waals surface area contributed by atoms with Crippen molar-refractivity contribution in [3.8, 4) is 5.75 Å². The van der Waals surface area contributed by atoms with Gasteiger partial charge in [0, 0.05) is 22.6 Å². The van der Waals surface area contributed by atoms with E-state index in [0.717, 1.165) is 21.7 Å². The maximum atomic E-state index is 5.12. The first-order valence-corrected chi connectivity index (χ1v) is 5.64. The third kappa shape index (κ3) is 2.55. The van der Waals surface area contributed by atoms with Gasteiger partial charge in [0.25, 0.3) is 0 Å². The molecule has 4 nitrogen and oxygen atoms in total. The molecule has 0 saturated heterocycles. The third-order valence-electron chi connectivity index (χ3n) is 2.18. The number of nitrogens with zero attached hydrogens (tertiary/aromatic N) is 1. The van der Waals surface area contributed by atoms with Crippen LogP contribution < -0.4 is 10.1 Å². The summed E-state index contributed by atoms with van der Waals surface area (Å²) < 4.78 is 6.09. The second-order valence-electron chi connectivity index (χ2n) is 3.24. The molecule has 1 aromatic carbocycles. The van der Waals surface area contributed by atoms with E-state index in [2.05, 4.69) is 31.2 Å². The first-order valence-electron chi connectivity index (χ1n) is 4.85. The normalized spacial score (nSPS) is 10.1. The molecule has 84 valence electrons. The highest BCUT2D eigenvalue weighted by Crippen LogP contribution is 2.27. The van der Waals surface area contributed by atoms with E-state index in [0.29, 0.717) is 6.54 Å². The van der Waals surface area contributed by atoms with E-state index < -0.39 is 0 Å². The fourth-order valence-electron chi connectivity index (χ4n) is 1.34. The fourth-order valence-corrected chi connectivity index (χ4v) is 1.84. The molecule has 1 heterocycles. The topological polar surface area (TPSA) is 49.9 Å². The zero-order chi connectivity index (χ0) is 11.4. The molecular weight excluding hydrogens is 270 g/mol. The lowest BCUT2D eigenvalue weighted by molar-refractivity contribution is 0.414. The van der Waals surface area contributed by atoms with Gasteiger partial charge in [-0.15, -0.1) is 0 Å². The Hall–Kier alpha value is -1.49. The van der Waals surface area contributed by atoms with Crippen LogP contribution in [-0.2, 0) is 6.54 Å². The standard InChI is InChI=1S/C11H12BrN3O/c1-16-8-2-3-10(9(12)6-8)15-7-11-13-4-5-14-11/h2-6,15H,7H2,1H3,(H,13,14). The molecule has 16 heavy (non-hydrogen) atoms. The molecule has 0 spiro atoms. The van der Waals surface area contributed by atoms with Gasteiger partial charge in [-0.05, 0) is 34.1 Å². The largest absolute Gasteiger partial charge is 0.497 e.